The molecule has 0 radical (unpaired) electrons. The van der Waals surface area contributed by atoms with Gasteiger partial charge in [-0.2, -0.15) is 0 Å². The molecule has 4 rings (SSSR count). The molecule has 4 aliphatic carbocycles. The van der Waals surface area contributed by atoms with Crippen LogP contribution in [0.25, 0.3) is 0 Å². The third-order valence-corrected chi connectivity index (χ3v) is 5.32. The minimum Gasteiger partial charge on any atom is -0.359 e. The highest BCUT2D eigenvalue weighted by molar-refractivity contribution is 6.17. The lowest BCUT2D eigenvalue weighted by molar-refractivity contribution is -0.280. The van der Waals surface area contributed by atoms with Crippen molar-refractivity contribution in [3.05, 3.63) is 0 Å². The number of halogens is 3. The van der Waals surface area contributed by atoms with Crippen LogP contribution in [0.3, 0.4) is 0 Å². The Labute approximate surface area is 128 Å². The molecule has 0 aromatic rings. The van der Waals surface area contributed by atoms with Gasteiger partial charge in [0.15, 0.2) is 0 Å². The number of ether oxygens (including phenoxy) is 3. The molecule has 0 spiro atoms. The molecule has 4 fully saturated rings. The molecule has 4 aliphatic rings. The van der Waals surface area contributed by atoms with Gasteiger partial charge >= 0.3 is 0 Å². The molecule has 0 N–H and O–H groups in total. The minimum absolute atomic E-state index is 0.209. The molecule has 0 aromatic heterocycles. The summed E-state index contributed by atoms with van der Waals surface area (Å²) in [5.41, 5.74) is -0.669. The first kappa shape index (κ1) is 14.7. The Bertz CT molecular complexity index is 292. The topological polar surface area (TPSA) is 27.7 Å². The largest absolute Gasteiger partial charge is 0.359 e. The second-order valence-electron chi connectivity index (χ2n) is 6.32. The Balaban J connectivity index is 1.91. The lowest BCUT2D eigenvalue weighted by Gasteiger charge is -2.64. The number of rotatable bonds is 6. The van der Waals surface area contributed by atoms with Gasteiger partial charge in [0, 0.05) is 19.3 Å². The lowest BCUT2D eigenvalue weighted by atomic mass is 9.50. The van der Waals surface area contributed by atoms with Crippen molar-refractivity contribution in [2.45, 2.75) is 55.3 Å². The van der Waals surface area contributed by atoms with Crippen molar-refractivity contribution in [2.24, 2.45) is 5.92 Å². The van der Waals surface area contributed by atoms with Crippen molar-refractivity contribution in [3.63, 3.8) is 0 Å². The Morgan fingerprint density at radius 2 is 1.00 bits per heavy atom. The normalized spacial score (nSPS) is 47.8. The smallest absolute Gasteiger partial charge is 0.121 e. The molecular weight excluding hydrogens is 310 g/mol. The second-order valence-corrected chi connectivity index (χ2v) is 6.97. The Hall–Kier alpha value is 0.750. The summed E-state index contributed by atoms with van der Waals surface area (Å²) in [4.78, 5) is 0. The molecule has 3 nitrogen and oxygen atoms in total. The average Bonchev–Trinajstić information content (AvgIpc) is 2.26. The summed E-state index contributed by atoms with van der Waals surface area (Å²) in [6.45, 7) is 0. The summed E-state index contributed by atoms with van der Waals surface area (Å²) in [6, 6.07) is 0.627. The molecule has 0 aromatic carbocycles. The molecule has 0 amide bonds. The fourth-order valence-electron chi connectivity index (χ4n) is 5.01. The molecular formula is C13H19Cl3O3. The van der Waals surface area contributed by atoms with E-state index in [0.29, 0.717) is 5.92 Å². The Kier molecular flexibility index (Phi) is 4.01. The summed E-state index contributed by atoms with van der Waals surface area (Å²) in [5, 5.41) is 0. The van der Waals surface area contributed by atoms with Gasteiger partial charge in [-0.15, -0.1) is 0 Å². The Morgan fingerprint density at radius 1 is 0.684 bits per heavy atom. The van der Waals surface area contributed by atoms with Crippen LogP contribution in [-0.2, 0) is 14.2 Å². The van der Waals surface area contributed by atoms with E-state index >= 15 is 0 Å². The first-order valence-corrected chi connectivity index (χ1v) is 8.29. The van der Waals surface area contributed by atoms with Gasteiger partial charge in [-0.1, -0.05) is 34.8 Å². The fourth-order valence-corrected chi connectivity index (χ4v) is 5.70. The highest BCUT2D eigenvalue weighted by Gasteiger charge is 2.65. The fraction of sp³-hybridized carbons (Fsp3) is 1.00. The van der Waals surface area contributed by atoms with Gasteiger partial charge in [0.05, 0.1) is 16.8 Å². The maximum absolute atomic E-state index is 5.90. The van der Waals surface area contributed by atoms with E-state index in [2.05, 4.69) is 0 Å². The average molecular weight is 330 g/mol. The van der Waals surface area contributed by atoms with Crippen LogP contribution in [0.1, 0.15) is 38.5 Å². The molecule has 19 heavy (non-hydrogen) atoms. The van der Waals surface area contributed by atoms with Gasteiger partial charge in [0.25, 0.3) is 0 Å². The van der Waals surface area contributed by atoms with Crippen LogP contribution in [-0.4, -0.2) is 35.0 Å². The van der Waals surface area contributed by atoms with E-state index < -0.39 is 0 Å². The van der Waals surface area contributed by atoms with Gasteiger partial charge in [-0.3, -0.25) is 0 Å². The molecule has 4 bridgehead atoms. The molecule has 6 heteroatoms. The molecule has 4 saturated carbocycles. The first-order chi connectivity index (χ1) is 9.09. The van der Waals surface area contributed by atoms with Gasteiger partial charge in [0.2, 0.25) is 0 Å². The van der Waals surface area contributed by atoms with Crippen molar-refractivity contribution in [2.75, 3.05) is 18.2 Å². The number of hydrogen-bond acceptors (Lipinski definition) is 3. The van der Waals surface area contributed by atoms with Gasteiger partial charge < -0.3 is 14.2 Å². The zero-order valence-electron chi connectivity index (χ0n) is 10.8. The molecule has 0 atom stereocenters. The van der Waals surface area contributed by atoms with Crippen LogP contribution in [0.15, 0.2) is 0 Å². The highest BCUT2D eigenvalue weighted by Crippen LogP contribution is 2.63. The minimum atomic E-state index is -0.223. The van der Waals surface area contributed by atoms with Crippen molar-refractivity contribution in [1.29, 1.82) is 0 Å². The van der Waals surface area contributed by atoms with Gasteiger partial charge in [-0.05, 0) is 25.2 Å². The molecule has 0 aliphatic heterocycles. The van der Waals surface area contributed by atoms with Crippen LogP contribution in [0.2, 0.25) is 0 Å². The van der Waals surface area contributed by atoms with Crippen molar-refractivity contribution in [1.82, 2.24) is 0 Å². The molecule has 0 saturated heterocycles. The van der Waals surface area contributed by atoms with E-state index in [1.54, 1.807) is 0 Å². The predicted molar refractivity (Wildman–Crippen MR) is 74.8 cm³/mol. The summed E-state index contributed by atoms with van der Waals surface area (Å²) in [6.07, 6.45) is 5.72. The van der Waals surface area contributed by atoms with Gasteiger partial charge in [0.1, 0.15) is 18.2 Å². The van der Waals surface area contributed by atoms with E-state index in [-0.39, 0.29) is 35.0 Å². The summed E-state index contributed by atoms with van der Waals surface area (Å²) in [7, 11) is 0. The standard InChI is InChI=1S/C13H19Cl3O3/c14-7-17-11-1-10-2-12(4-11,18-8-15)6-13(3-10,5-11)19-9-16/h10H,1-9H2. The highest BCUT2D eigenvalue weighted by atomic mass is 35.5. The number of alkyl halides is 3. The van der Waals surface area contributed by atoms with Crippen molar-refractivity contribution < 1.29 is 14.2 Å². The summed E-state index contributed by atoms with van der Waals surface area (Å²) >= 11 is 17.5. The third-order valence-electron chi connectivity index (χ3n) is 5.00. The van der Waals surface area contributed by atoms with Crippen molar-refractivity contribution in [3.8, 4) is 0 Å². The quantitative estimate of drug-likeness (QED) is 0.693. The lowest BCUT2D eigenvalue weighted by Crippen LogP contribution is -2.67. The monoisotopic (exact) mass is 328 g/mol. The molecule has 0 unspecified atom stereocenters. The first-order valence-electron chi connectivity index (χ1n) is 6.69. The van der Waals surface area contributed by atoms with Crippen molar-refractivity contribution >= 4 is 34.8 Å². The van der Waals surface area contributed by atoms with Crippen LogP contribution < -0.4 is 0 Å². The maximum atomic E-state index is 5.90. The van der Waals surface area contributed by atoms with Crippen LogP contribution in [0.4, 0.5) is 0 Å². The van der Waals surface area contributed by atoms with Crippen LogP contribution in [0.5, 0.6) is 0 Å². The van der Waals surface area contributed by atoms with E-state index in [1.807, 2.05) is 0 Å². The zero-order valence-corrected chi connectivity index (χ0v) is 13.1. The van der Waals surface area contributed by atoms with E-state index in [1.165, 1.54) is 0 Å². The molecule has 110 valence electrons. The van der Waals surface area contributed by atoms with Crippen LogP contribution >= 0.6 is 34.8 Å². The maximum Gasteiger partial charge on any atom is 0.121 e. The molecule has 0 heterocycles. The summed E-state index contributed by atoms with van der Waals surface area (Å²) < 4.78 is 17.7. The van der Waals surface area contributed by atoms with E-state index in [9.17, 15) is 0 Å². The van der Waals surface area contributed by atoms with E-state index in [0.717, 1.165) is 38.5 Å². The zero-order chi connectivity index (χ0) is 13.6. The summed E-state index contributed by atoms with van der Waals surface area (Å²) in [5.74, 6) is 0.547. The second kappa shape index (κ2) is 5.19. The van der Waals surface area contributed by atoms with Gasteiger partial charge in [-0.25, -0.2) is 0 Å². The van der Waals surface area contributed by atoms with E-state index in [4.69, 9.17) is 49.0 Å². The number of hydrogen-bond donors (Lipinski definition) is 0. The van der Waals surface area contributed by atoms with Crippen LogP contribution in [0, 0.1) is 5.92 Å². The SMILES string of the molecule is ClCOC12CC3CC(OCCl)(C1)CC(OCCl)(C3)C2. The third kappa shape index (κ3) is 2.51. The Morgan fingerprint density at radius 3 is 1.26 bits per heavy atom. The predicted octanol–water partition coefficient (Wildman–Crippen LogP) is 3.84.